The van der Waals surface area contributed by atoms with E-state index < -0.39 is 18.0 Å². The molecule has 0 aromatic rings. The molecule has 7 nitrogen and oxygen atoms in total. The summed E-state index contributed by atoms with van der Waals surface area (Å²) < 4.78 is 13.9. The maximum absolute atomic E-state index is 11.4. The van der Waals surface area contributed by atoms with Crippen molar-refractivity contribution in [3.8, 4) is 0 Å². The third kappa shape index (κ3) is 7.80. The number of hydrogen-bond donors (Lipinski definition) is 0. The molecule has 0 bridgehead atoms. The second-order valence-electron chi connectivity index (χ2n) is 3.31. The van der Waals surface area contributed by atoms with E-state index in [-0.39, 0.29) is 13.2 Å². The second-order valence-corrected chi connectivity index (χ2v) is 3.31. The van der Waals surface area contributed by atoms with E-state index in [2.05, 4.69) is 4.74 Å². The molecule has 0 aliphatic carbocycles. The largest absolute Gasteiger partial charge is 0.466 e. The predicted octanol–water partition coefficient (Wildman–Crippen LogP) is 0.737. The maximum atomic E-state index is 11.4. The molecule has 108 valence electrons. The van der Waals surface area contributed by atoms with E-state index in [1.54, 1.807) is 0 Å². The molecule has 0 fully saturated rings. The van der Waals surface area contributed by atoms with Gasteiger partial charge in [0, 0.05) is 25.2 Å². The van der Waals surface area contributed by atoms with Crippen molar-refractivity contribution in [1.82, 2.24) is 4.90 Å². The Morgan fingerprint density at radius 2 is 1.47 bits per heavy atom. The fourth-order valence-electron chi connectivity index (χ4n) is 1.10. The molecule has 19 heavy (non-hydrogen) atoms. The van der Waals surface area contributed by atoms with Crippen LogP contribution in [0.25, 0.3) is 0 Å². The Kier molecular flexibility index (Phi) is 8.86. The van der Waals surface area contributed by atoms with Gasteiger partial charge in [0.1, 0.15) is 13.2 Å². The summed E-state index contributed by atoms with van der Waals surface area (Å²) in [6.07, 6.45) is 1.44. The van der Waals surface area contributed by atoms with Crippen LogP contribution in [0.1, 0.15) is 13.8 Å². The van der Waals surface area contributed by atoms with Crippen LogP contribution in [0, 0.1) is 0 Å². The Bertz CT molecular complexity index is 335. The van der Waals surface area contributed by atoms with Gasteiger partial charge in [0.15, 0.2) is 0 Å². The summed E-state index contributed by atoms with van der Waals surface area (Å²) in [6.45, 7) is 4.67. The third-order valence-corrected chi connectivity index (χ3v) is 2.13. The van der Waals surface area contributed by atoms with Crippen LogP contribution in [0.4, 0.5) is 4.79 Å². The molecule has 0 aliphatic rings. The highest BCUT2D eigenvalue weighted by atomic mass is 16.6. The highest BCUT2D eigenvalue weighted by molar-refractivity contribution is 5.91. The Hall–Kier alpha value is -2.05. The number of carbonyl (C=O) groups excluding carboxylic acids is 3. The first-order valence-corrected chi connectivity index (χ1v) is 5.89. The van der Waals surface area contributed by atoms with Crippen molar-refractivity contribution in [2.45, 2.75) is 13.8 Å². The van der Waals surface area contributed by atoms with Gasteiger partial charge in [-0.05, 0) is 13.8 Å². The molecule has 0 rings (SSSR count). The van der Waals surface area contributed by atoms with Crippen molar-refractivity contribution in [2.24, 2.45) is 0 Å². The van der Waals surface area contributed by atoms with E-state index in [0.717, 1.165) is 12.2 Å². The number of amides is 1. The Morgan fingerprint density at radius 3 is 2.00 bits per heavy atom. The molecule has 1 amide bonds. The molecular weight excluding hydrogens is 254 g/mol. The summed E-state index contributed by atoms with van der Waals surface area (Å²) in [5.74, 6) is -1.35. The summed E-state index contributed by atoms with van der Waals surface area (Å²) in [6, 6.07) is 0. The van der Waals surface area contributed by atoms with Gasteiger partial charge in [-0.2, -0.15) is 0 Å². The van der Waals surface area contributed by atoms with Crippen LogP contribution in [0.15, 0.2) is 12.2 Å². The Balaban J connectivity index is 3.80. The van der Waals surface area contributed by atoms with Crippen LogP contribution in [-0.2, 0) is 23.8 Å². The first-order chi connectivity index (χ1) is 9.04. The lowest BCUT2D eigenvalue weighted by atomic mass is 10.5. The average Bonchev–Trinajstić information content (AvgIpc) is 2.42. The van der Waals surface area contributed by atoms with E-state index >= 15 is 0 Å². The summed E-state index contributed by atoms with van der Waals surface area (Å²) in [4.78, 5) is 34.7. The molecule has 0 heterocycles. The number of methoxy groups -OCH3 is 1. The van der Waals surface area contributed by atoms with E-state index in [1.165, 1.54) is 12.0 Å². The van der Waals surface area contributed by atoms with Crippen LogP contribution in [-0.4, -0.2) is 56.3 Å². The van der Waals surface area contributed by atoms with Crippen LogP contribution in [0.2, 0.25) is 0 Å². The highest BCUT2D eigenvalue weighted by Crippen LogP contribution is 1.93. The highest BCUT2D eigenvalue weighted by Gasteiger charge is 2.10. The Morgan fingerprint density at radius 1 is 0.947 bits per heavy atom. The van der Waals surface area contributed by atoms with E-state index in [0.29, 0.717) is 13.1 Å². The topological polar surface area (TPSA) is 82.1 Å². The number of carbonyl (C=O) groups is 3. The molecular formula is C12H19NO6. The average molecular weight is 273 g/mol. The molecule has 0 unspecified atom stereocenters. The summed E-state index contributed by atoms with van der Waals surface area (Å²) in [5, 5.41) is 0. The standard InChI is InChI=1S/C12H19NO6/c1-4-13(5-2)12(16)19-9-8-18-11(15)7-6-10(14)17-3/h6-7H,4-5,8-9H2,1-3H3/b7-6+. The van der Waals surface area contributed by atoms with Gasteiger partial charge in [-0.1, -0.05) is 0 Å². The smallest absolute Gasteiger partial charge is 0.409 e. The molecule has 0 saturated carbocycles. The van der Waals surface area contributed by atoms with E-state index in [9.17, 15) is 14.4 Å². The normalized spacial score (nSPS) is 10.1. The zero-order valence-corrected chi connectivity index (χ0v) is 11.4. The molecule has 0 atom stereocenters. The number of hydrogen-bond acceptors (Lipinski definition) is 6. The van der Waals surface area contributed by atoms with Crippen molar-refractivity contribution >= 4 is 18.0 Å². The van der Waals surface area contributed by atoms with Gasteiger partial charge in [0.25, 0.3) is 0 Å². The van der Waals surface area contributed by atoms with Crippen molar-refractivity contribution < 1.29 is 28.6 Å². The van der Waals surface area contributed by atoms with Crippen LogP contribution in [0.5, 0.6) is 0 Å². The van der Waals surface area contributed by atoms with Crippen LogP contribution < -0.4 is 0 Å². The lowest BCUT2D eigenvalue weighted by Gasteiger charge is -2.17. The summed E-state index contributed by atoms with van der Waals surface area (Å²) in [7, 11) is 1.20. The molecule has 0 saturated heterocycles. The second kappa shape index (κ2) is 9.93. The molecule has 0 N–H and O–H groups in total. The summed E-state index contributed by atoms with van der Waals surface area (Å²) in [5.41, 5.74) is 0. The van der Waals surface area contributed by atoms with Crippen LogP contribution in [0.3, 0.4) is 0 Å². The van der Waals surface area contributed by atoms with Crippen molar-refractivity contribution in [1.29, 1.82) is 0 Å². The van der Waals surface area contributed by atoms with Gasteiger partial charge in [0.2, 0.25) is 0 Å². The van der Waals surface area contributed by atoms with Gasteiger partial charge in [-0.3, -0.25) is 0 Å². The van der Waals surface area contributed by atoms with Gasteiger partial charge in [0.05, 0.1) is 7.11 Å². The third-order valence-electron chi connectivity index (χ3n) is 2.13. The lowest BCUT2D eigenvalue weighted by Crippen LogP contribution is -2.32. The number of nitrogens with zero attached hydrogens (tertiary/aromatic N) is 1. The van der Waals surface area contributed by atoms with Gasteiger partial charge in [-0.25, -0.2) is 14.4 Å². The quantitative estimate of drug-likeness (QED) is 0.294. The molecule has 0 aromatic heterocycles. The van der Waals surface area contributed by atoms with Gasteiger partial charge >= 0.3 is 18.0 Å². The van der Waals surface area contributed by atoms with E-state index in [4.69, 9.17) is 9.47 Å². The SMILES string of the molecule is CCN(CC)C(=O)OCCOC(=O)/C=C/C(=O)OC. The first kappa shape index (κ1) is 16.9. The lowest BCUT2D eigenvalue weighted by molar-refractivity contribution is -0.140. The molecule has 0 aliphatic heterocycles. The first-order valence-electron chi connectivity index (χ1n) is 5.89. The maximum Gasteiger partial charge on any atom is 0.409 e. The van der Waals surface area contributed by atoms with Crippen LogP contribution >= 0.6 is 0 Å². The minimum atomic E-state index is -0.704. The van der Waals surface area contributed by atoms with Gasteiger partial charge < -0.3 is 19.1 Å². The summed E-state index contributed by atoms with van der Waals surface area (Å²) >= 11 is 0. The zero-order valence-electron chi connectivity index (χ0n) is 11.4. The van der Waals surface area contributed by atoms with Gasteiger partial charge in [-0.15, -0.1) is 0 Å². The molecule has 0 radical (unpaired) electrons. The van der Waals surface area contributed by atoms with Crippen molar-refractivity contribution in [3.05, 3.63) is 12.2 Å². The zero-order chi connectivity index (χ0) is 14.7. The monoisotopic (exact) mass is 273 g/mol. The number of rotatable bonds is 7. The number of ether oxygens (including phenoxy) is 3. The fourth-order valence-corrected chi connectivity index (χ4v) is 1.10. The minimum Gasteiger partial charge on any atom is -0.466 e. The van der Waals surface area contributed by atoms with Crippen molar-refractivity contribution in [3.63, 3.8) is 0 Å². The van der Waals surface area contributed by atoms with Crippen molar-refractivity contribution in [2.75, 3.05) is 33.4 Å². The molecule has 0 aromatic carbocycles. The number of esters is 2. The fraction of sp³-hybridized carbons (Fsp3) is 0.583. The Labute approximate surface area is 112 Å². The molecule has 7 heteroatoms. The molecule has 0 spiro atoms. The minimum absolute atomic E-state index is 0.0346. The van der Waals surface area contributed by atoms with E-state index in [1.807, 2.05) is 13.8 Å². The predicted molar refractivity (Wildman–Crippen MR) is 66.4 cm³/mol.